The average Bonchev–Trinajstić information content (AvgIpc) is 3.25. The number of aromatic nitrogens is 1. The van der Waals surface area contributed by atoms with Crippen molar-refractivity contribution < 1.29 is 19.1 Å². The summed E-state index contributed by atoms with van der Waals surface area (Å²) in [6, 6.07) is 16.1. The Balaban J connectivity index is 1.65. The van der Waals surface area contributed by atoms with Crippen LogP contribution in [0.25, 0.3) is 11.1 Å². The molecule has 0 N–H and O–H groups in total. The van der Waals surface area contributed by atoms with Gasteiger partial charge in [0.1, 0.15) is 16.9 Å². The van der Waals surface area contributed by atoms with Crippen LogP contribution in [0.4, 0.5) is 6.01 Å². The van der Waals surface area contributed by atoms with Crippen LogP contribution in [-0.4, -0.2) is 29.6 Å². The largest absolute Gasteiger partial charge is 0.546 e. The van der Waals surface area contributed by atoms with E-state index in [0.717, 1.165) is 42.6 Å². The number of carboxylic acids is 1. The quantitative estimate of drug-likeness (QED) is 0.316. The minimum atomic E-state index is -1.33. The van der Waals surface area contributed by atoms with Crippen molar-refractivity contribution in [2.24, 2.45) is 0 Å². The van der Waals surface area contributed by atoms with E-state index in [-0.39, 0.29) is 0 Å². The number of carbonyl (C=O) groups is 1. The summed E-state index contributed by atoms with van der Waals surface area (Å²) >= 11 is 0. The second-order valence-corrected chi connectivity index (χ2v) is 8.73. The van der Waals surface area contributed by atoms with Crippen LogP contribution >= 0.6 is 0 Å². The molecule has 1 heterocycles. The first-order valence-electron chi connectivity index (χ1n) is 12.0. The summed E-state index contributed by atoms with van der Waals surface area (Å²) in [5.74, 6) is -0.680. The lowest BCUT2D eigenvalue weighted by atomic mass is 10.0. The molecule has 0 aliphatic heterocycles. The number of anilines is 1. The summed E-state index contributed by atoms with van der Waals surface area (Å²) in [5, 5.41) is 11.4. The van der Waals surface area contributed by atoms with Gasteiger partial charge >= 0.3 is 0 Å². The smallest absolute Gasteiger partial charge is 0.298 e. The number of aliphatic carboxylic acids is 1. The number of benzene rings is 2. The monoisotopic (exact) mass is 451 g/mol. The van der Waals surface area contributed by atoms with E-state index in [1.54, 1.807) is 6.92 Å². The van der Waals surface area contributed by atoms with Gasteiger partial charge in [0.25, 0.3) is 6.01 Å². The molecule has 0 spiro atoms. The summed E-state index contributed by atoms with van der Waals surface area (Å²) < 4.78 is 11.7. The Hall–Kier alpha value is -3.02. The van der Waals surface area contributed by atoms with Gasteiger partial charge in [-0.3, -0.25) is 0 Å². The van der Waals surface area contributed by atoms with Crippen LogP contribution in [0.1, 0.15) is 64.9 Å². The van der Waals surface area contributed by atoms with Crippen LogP contribution in [-0.2, 0) is 11.2 Å². The summed E-state index contributed by atoms with van der Waals surface area (Å²) in [7, 11) is 0. The van der Waals surface area contributed by atoms with Crippen LogP contribution in [0.5, 0.6) is 5.75 Å². The minimum absolute atomic E-state index is 0.328. The Morgan fingerprint density at radius 3 is 2.42 bits per heavy atom. The van der Waals surface area contributed by atoms with E-state index in [1.807, 2.05) is 48.5 Å². The molecule has 33 heavy (non-hydrogen) atoms. The van der Waals surface area contributed by atoms with E-state index < -0.39 is 11.6 Å². The lowest BCUT2D eigenvalue weighted by Gasteiger charge is -2.30. The van der Waals surface area contributed by atoms with E-state index in [9.17, 15) is 9.90 Å². The van der Waals surface area contributed by atoms with Crippen molar-refractivity contribution in [1.29, 1.82) is 0 Å². The zero-order chi connectivity index (χ0) is 23.7. The van der Waals surface area contributed by atoms with E-state index >= 15 is 0 Å². The highest BCUT2D eigenvalue weighted by molar-refractivity contribution is 5.75. The van der Waals surface area contributed by atoms with Gasteiger partial charge in [0.05, 0.1) is 5.97 Å². The molecule has 0 radical (unpaired) electrons. The third-order valence-electron chi connectivity index (χ3n) is 6.13. The number of hydrogen-bond acceptors (Lipinski definition) is 6. The van der Waals surface area contributed by atoms with E-state index in [2.05, 4.69) is 11.8 Å². The van der Waals surface area contributed by atoms with Crippen molar-refractivity contribution >= 4 is 23.1 Å². The molecule has 0 bridgehead atoms. The van der Waals surface area contributed by atoms with Crippen molar-refractivity contribution in [1.82, 2.24) is 4.98 Å². The molecular formula is C27H35N2O4-. The SMILES string of the molecule is CCCCCCCN(CCc1ccc(O[C@@](C)(CC)C(=O)[O-])cc1)c1nc2ccccc2o1. The van der Waals surface area contributed by atoms with Crippen LogP contribution in [0.3, 0.4) is 0 Å². The first kappa shape index (κ1) is 24.6. The Bertz CT molecular complexity index is 981. The molecule has 0 aliphatic carbocycles. The number of hydrogen-bond donors (Lipinski definition) is 0. The van der Waals surface area contributed by atoms with E-state index in [4.69, 9.17) is 14.1 Å². The lowest BCUT2D eigenvalue weighted by Crippen LogP contribution is -2.49. The van der Waals surface area contributed by atoms with Crippen molar-refractivity contribution in [3.63, 3.8) is 0 Å². The van der Waals surface area contributed by atoms with Gasteiger partial charge < -0.3 is 24.0 Å². The minimum Gasteiger partial charge on any atom is -0.546 e. The van der Waals surface area contributed by atoms with Crippen LogP contribution in [0.15, 0.2) is 52.9 Å². The van der Waals surface area contributed by atoms with Gasteiger partial charge in [-0.25, -0.2) is 0 Å². The summed E-state index contributed by atoms with van der Waals surface area (Å²) in [5.41, 5.74) is 1.48. The highest BCUT2D eigenvalue weighted by Gasteiger charge is 2.25. The standard InChI is InChI=1S/C27H36N2O4/c1-4-6-7-8-11-19-29(26-28-23-12-9-10-13-24(23)32-26)20-18-21-14-16-22(17-15-21)33-27(3,5-2)25(30)31/h9-10,12-17H,4-8,11,18-20H2,1-3H3,(H,30,31)/p-1/t27-/m0/s1. The predicted octanol–water partition coefficient (Wildman–Crippen LogP) is 5.14. The zero-order valence-electron chi connectivity index (χ0n) is 20.0. The maximum Gasteiger partial charge on any atom is 0.298 e. The van der Waals surface area contributed by atoms with Gasteiger partial charge in [0.15, 0.2) is 5.58 Å². The lowest BCUT2D eigenvalue weighted by molar-refractivity contribution is -0.321. The van der Waals surface area contributed by atoms with Crippen molar-refractivity contribution in [3.05, 3.63) is 54.1 Å². The highest BCUT2D eigenvalue weighted by Crippen LogP contribution is 2.24. The number of carbonyl (C=O) groups excluding carboxylic acids is 1. The summed E-state index contributed by atoms with van der Waals surface area (Å²) in [4.78, 5) is 18.3. The first-order valence-corrected chi connectivity index (χ1v) is 12.0. The molecule has 3 aromatic rings. The fraction of sp³-hybridized carbons (Fsp3) is 0.481. The van der Waals surface area contributed by atoms with Gasteiger partial charge in [-0.2, -0.15) is 4.98 Å². The molecule has 0 aliphatic rings. The Labute approximate surface area is 196 Å². The number of oxazole rings is 1. The average molecular weight is 452 g/mol. The molecule has 0 saturated heterocycles. The van der Waals surface area contributed by atoms with Gasteiger partial charge in [0.2, 0.25) is 0 Å². The number of rotatable bonds is 14. The van der Waals surface area contributed by atoms with Crippen molar-refractivity contribution in [2.75, 3.05) is 18.0 Å². The number of ether oxygens (including phenoxy) is 1. The van der Waals surface area contributed by atoms with Crippen LogP contribution in [0.2, 0.25) is 0 Å². The van der Waals surface area contributed by atoms with Gasteiger partial charge in [0, 0.05) is 13.1 Å². The molecule has 6 heteroatoms. The molecule has 1 aromatic heterocycles. The topological polar surface area (TPSA) is 78.6 Å². The Kier molecular flexibility index (Phi) is 8.75. The third kappa shape index (κ3) is 6.73. The fourth-order valence-electron chi connectivity index (χ4n) is 3.71. The fourth-order valence-corrected chi connectivity index (χ4v) is 3.71. The molecule has 178 valence electrons. The maximum absolute atomic E-state index is 11.4. The molecule has 2 aromatic carbocycles. The molecule has 0 amide bonds. The molecule has 1 atom stereocenters. The van der Waals surface area contributed by atoms with Crippen LogP contribution < -0.4 is 14.7 Å². The Morgan fingerprint density at radius 2 is 1.76 bits per heavy atom. The van der Waals surface area contributed by atoms with E-state index in [1.165, 1.54) is 32.6 Å². The van der Waals surface area contributed by atoms with E-state index in [0.29, 0.717) is 18.2 Å². The number of para-hydroxylation sites is 2. The van der Waals surface area contributed by atoms with Gasteiger partial charge in [-0.15, -0.1) is 0 Å². The highest BCUT2D eigenvalue weighted by atomic mass is 16.5. The normalized spacial score (nSPS) is 13.1. The first-order chi connectivity index (χ1) is 15.9. The van der Waals surface area contributed by atoms with Gasteiger partial charge in [-0.05, 0) is 56.0 Å². The molecule has 3 rings (SSSR count). The maximum atomic E-state index is 11.4. The summed E-state index contributed by atoms with van der Waals surface area (Å²) in [6.07, 6.45) is 7.20. The number of unbranched alkanes of at least 4 members (excludes halogenated alkanes) is 4. The number of fused-ring (bicyclic) bond motifs is 1. The van der Waals surface area contributed by atoms with Crippen LogP contribution in [0, 0.1) is 0 Å². The molecule has 0 saturated carbocycles. The second-order valence-electron chi connectivity index (χ2n) is 8.73. The van der Waals surface area contributed by atoms with Gasteiger partial charge in [-0.1, -0.05) is 63.8 Å². The molecule has 0 unspecified atom stereocenters. The summed E-state index contributed by atoms with van der Waals surface area (Å²) in [6.45, 7) is 7.22. The van der Waals surface area contributed by atoms with Crippen molar-refractivity contribution in [2.45, 2.75) is 71.3 Å². The predicted molar refractivity (Wildman–Crippen MR) is 129 cm³/mol. The molecule has 6 nitrogen and oxygen atoms in total. The Morgan fingerprint density at radius 1 is 1.03 bits per heavy atom. The second kappa shape index (κ2) is 11.7. The van der Waals surface area contributed by atoms with Crippen molar-refractivity contribution in [3.8, 4) is 5.75 Å². The number of nitrogens with zero attached hydrogens (tertiary/aromatic N) is 2. The zero-order valence-corrected chi connectivity index (χ0v) is 20.0. The number of carboxylic acid groups (broad SMARTS) is 1. The third-order valence-corrected chi connectivity index (χ3v) is 6.13. The molecule has 0 fully saturated rings. The molecular weight excluding hydrogens is 416 g/mol.